The maximum Gasteiger partial charge on any atom is 0.247 e. The maximum absolute atomic E-state index is 12.7. The molecule has 2 rings (SSSR count). The van der Waals surface area contributed by atoms with Crippen molar-refractivity contribution in [1.29, 1.82) is 0 Å². The van der Waals surface area contributed by atoms with Gasteiger partial charge >= 0.3 is 0 Å². The summed E-state index contributed by atoms with van der Waals surface area (Å²) in [5, 5.41) is 3.28. The molecule has 1 aliphatic heterocycles. The van der Waals surface area contributed by atoms with E-state index in [1.807, 2.05) is 13.8 Å². The van der Waals surface area contributed by atoms with E-state index in [1.54, 1.807) is 28.6 Å². The summed E-state index contributed by atoms with van der Waals surface area (Å²) >= 11 is 0. The Labute approximate surface area is 114 Å². The number of piperazine rings is 1. The van der Waals surface area contributed by atoms with E-state index in [0.717, 1.165) is 0 Å². The monoisotopic (exact) mass is 284 g/mol. The van der Waals surface area contributed by atoms with Gasteiger partial charge in [-0.05, 0) is 26.0 Å². The first-order valence-corrected chi connectivity index (χ1v) is 7.79. The summed E-state index contributed by atoms with van der Waals surface area (Å²) in [4.78, 5) is 0.235. The van der Waals surface area contributed by atoms with Crippen molar-refractivity contribution < 1.29 is 13.2 Å². The van der Waals surface area contributed by atoms with Crippen LogP contribution < -0.4 is 10.1 Å². The predicted molar refractivity (Wildman–Crippen MR) is 73.8 cm³/mol. The molecular weight excluding hydrogens is 264 g/mol. The van der Waals surface area contributed by atoms with Crippen LogP contribution in [0.2, 0.25) is 0 Å². The molecule has 0 bridgehead atoms. The second-order valence-corrected chi connectivity index (χ2v) is 6.74. The summed E-state index contributed by atoms with van der Waals surface area (Å²) in [5.74, 6) is 0.390. The Balaban J connectivity index is 2.41. The molecule has 5 nitrogen and oxygen atoms in total. The minimum Gasteiger partial charge on any atom is -0.495 e. The van der Waals surface area contributed by atoms with Crippen LogP contribution >= 0.6 is 0 Å². The SMILES string of the molecule is COc1ccccc1S(=O)(=O)N1CC(C)NCC1C. The van der Waals surface area contributed by atoms with Crippen LogP contribution in [0.5, 0.6) is 5.75 Å². The zero-order valence-corrected chi connectivity index (χ0v) is 12.3. The molecule has 2 unspecified atom stereocenters. The zero-order valence-electron chi connectivity index (χ0n) is 11.5. The third-order valence-electron chi connectivity index (χ3n) is 3.36. The van der Waals surface area contributed by atoms with Gasteiger partial charge in [-0.3, -0.25) is 0 Å². The molecule has 0 saturated carbocycles. The van der Waals surface area contributed by atoms with Crippen molar-refractivity contribution in [3.63, 3.8) is 0 Å². The Hall–Kier alpha value is -1.11. The fourth-order valence-corrected chi connectivity index (χ4v) is 4.16. The molecule has 0 aromatic heterocycles. The second kappa shape index (κ2) is 5.48. The normalized spacial score (nSPS) is 25.2. The highest BCUT2D eigenvalue weighted by Crippen LogP contribution is 2.28. The minimum absolute atomic E-state index is 0.0638. The molecule has 0 radical (unpaired) electrons. The molecule has 0 spiro atoms. The van der Waals surface area contributed by atoms with Gasteiger partial charge in [0.15, 0.2) is 0 Å². The molecule has 1 heterocycles. The average molecular weight is 284 g/mol. The van der Waals surface area contributed by atoms with E-state index in [-0.39, 0.29) is 17.0 Å². The molecule has 106 valence electrons. The summed E-state index contributed by atoms with van der Waals surface area (Å²) < 4.78 is 32.2. The van der Waals surface area contributed by atoms with Gasteiger partial charge < -0.3 is 10.1 Å². The molecule has 1 aliphatic rings. The number of rotatable bonds is 3. The highest BCUT2D eigenvalue weighted by Gasteiger charge is 2.34. The number of para-hydroxylation sites is 1. The van der Waals surface area contributed by atoms with Crippen molar-refractivity contribution in [2.24, 2.45) is 0 Å². The molecule has 1 saturated heterocycles. The highest BCUT2D eigenvalue weighted by atomic mass is 32.2. The lowest BCUT2D eigenvalue weighted by atomic mass is 10.2. The lowest BCUT2D eigenvalue weighted by molar-refractivity contribution is 0.244. The standard InChI is InChI=1S/C13H20N2O3S/c1-10-9-15(11(2)8-14-10)19(16,17)13-7-5-4-6-12(13)18-3/h4-7,10-11,14H,8-9H2,1-3H3. The van der Waals surface area contributed by atoms with Gasteiger partial charge in [-0.1, -0.05) is 12.1 Å². The lowest BCUT2D eigenvalue weighted by Crippen LogP contribution is -2.56. The largest absolute Gasteiger partial charge is 0.495 e. The Morgan fingerprint density at radius 1 is 1.32 bits per heavy atom. The van der Waals surface area contributed by atoms with Crippen molar-refractivity contribution >= 4 is 10.0 Å². The van der Waals surface area contributed by atoms with Crippen LogP contribution in [-0.4, -0.2) is 45.0 Å². The van der Waals surface area contributed by atoms with Crippen LogP contribution in [0.15, 0.2) is 29.2 Å². The molecule has 0 aliphatic carbocycles. The van der Waals surface area contributed by atoms with Gasteiger partial charge in [0.05, 0.1) is 7.11 Å². The van der Waals surface area contributed by atoms with Crippen LogP contribution in [0.4, 0.5) is 0 Å². The van der Waals surface area contributed by atoms with Crippen molar-refractivity contribution in [2.45, 2.75) is 30.8 Å². The summed E-state index contributed by atoms with van der Waals surface area (Å²) in [6.45, 7) is 5.03. The Kier molecular flexibility index (Phi) is 4.13. The first-order valence-electron chi connectivity index (χ1n) is 6.35. The van der Waals surface area contributed by atoms with Gasteiger partial charge in [0.2, 0.25) is 10.0 Å². The molecule has 6 heteroatoms. The number of methoxy groups -OCH3 is 1. The summed E-state index contributed by atoms with van der Waals surface area (Å²) in [7, 11) is -2.03. The van der Waals surface area contributed by atoms with E-state index < -0.39 is 10.0 Å². The van der Waals surface area contributed by atoms with E-state index in [0.29, 0.717) is 18.8 Å². The summed E-state index contributed by atoms with van der Waals surface area (Å²) in [5.41, 5.74) is 0. The predicted octanol–water partition coefficient (Wildman–Crippen LogP) is 1.07. The third-order valence-corrected chi connectivity index (χ3v) is 5.38. The first kappa shape index (κ1) is 14.3. The van der Waals surface area contributed by atoms with Crippen LogP contribution in [0.1, 0.15) is 13.8 Å². The highest BCUT2D eigenvalue weighted by molar-refractivity contribution is 7.89. The first-order chi connectivity index (χ1) is 8.96. The number of sulfonamides is 1. The number of ether oxygens (including phenoxy) is 1. The maximum atomic E-state index is 12.7. The van der Waals surface area contributed by atoms with Crippen molar-refractivity contribution in [1.82, 2.24) is 9.62 Å². The van der Waals surface area contributed by atoms with Gasteiger partial charge in [0, 0.05) is 25.2 Å². The van der Waals surface area contributed by atoms with E-state index in [2.05, 4.69) is 5.32 Å². The van der Waals surface area contributed by atoms with Gasteiger partial charge in [0.1, 0.15) is 10.6 Å². The lowest BCUT2D eigenvalue weighted by Gasteiger charge is -2.36. The molecule has 1 aromatic carbocycles. The van der Waals surface area contributed by atoms with Gasteiger partial charge in [-0.15, -0.1) is 0 Å². The van der Waals surface area contributed by atoms with Crippen molar-refractivity contribution in [3.05, 3.63) is 24.3 Å². The Bertz CT molecular complexity index is 545. The number of benzene rings is 1. The quantitative estimate of drug-likeness (QED) is 0.902. The Morgan fingerprint density at radius 2 is 2.00 bits per heavy atom. The van der Waals surface area contributed by atoms with Crippen molar-refractivity contribution in [2.75, 3.05) is 20.2 Å². The molecule has 19 heavy (non-hydrogen) atoms. The van der Waals surface area contributed by atoms with Crippen molar-refractivity contribution in [3.8, 4) is 5.75 Å². The molecule has 1 aromatic rings. The van der Waals surface area contributed by atoms with Gasteiger partial charge in [-0.2, -0.15) is 4.31 Å². The van der Waals surface area contributed by atoms with Crippen LogP contribution in [-0.2, 0) is 10.0 Å². The van der Waals surface area contributed by atoms with E-state index >= 15 is 0 Å². The van der Waals surface area contributed by atoms with E-state index in [1.165, 1.54) is 7.11 Å². The molecule has 0 amide bonds. The zero-order chi connectivity index (χ0) is 14.0. The number of nitrogens with one attached hydrogen (secondary N) is 1. The van der Waals surface area contributed by atoms with Crippen LogP contribution in [0.3, 0.4) is 0 Å². The third kappa shape index (κ3) is 2.75. The average Bonchev–Trinajstić information content (AvgIpc) is 2.41. The number of nitrogens with zero attached hydrogens (tertiary/aromatic N) is 1. The Morgan fingerprint density at radius 3 is 2.68 bits per heavy atom. The molecule has 2 atom stereocenters. The number of hydrogen-bond donors (Lipinski definition) is 1. The molecular formula is C13H20N2O3S. The molecule has 1 fully saturated rings. The summed E-state index contributed by atoms with van der Waals surface area (Å²) in [6, 6.07) is 6.83. The van der Waals surface area contributed by atoms with E-state index in [4.69, 9.17) is 4.74 Å². The van der Waals surface area contributed by atoms with Crippen LogP contribution in [0.25, 0.3) is 0 Å². The minimum atomic E-state index is -3.52. The fourth-order valence-electron chi connectivity index (χ4n) is 2.28. The van der Waals surface area contributed by atoms with Gasteiger partial charge in [-0.25, -0.2) is 8.42 Å². The smallest absolute Gasteiger partial charge is 0.247 e. The fraction of sp³-hybridized carbons (Fsp3) is 0.538. The van der Waals surface area contributed by atoms with Crippen LogP contribution in [0, 0.1) is 0 Å². The van der Waals surface area contributed by atoms with Gasteiger partial charge in [0.25, 0.3) is 0 Å². The second-order valence-electron chi connectivity index (χ2n) is 4.88. The molecule has 1 N–H and O–H groups in total. The summed E-state index contributed by atoms with van der Waals surface area (Å²) in [6.07, 6.45) is 0. The number of hydrogen-bond acceptors (Lipinski definition) is 4. The van der Waals surface area contributed by atoms with E-state index in [9.17, 15) is 8.42 Å². The topological polar surface area (TPSA) is 58.6 Å².